The summed E-state index contributed by atoms with van der Waals surface area (Å²) < 4.78 is 5.20. The Labute approximate surface area is 132 Å². The third-order valence-electron chi connectivity index (χ3n) is 4.76. The Balaban J connectivity index is 1.65. The molecule has 5 nitrogen and oxygen atoms in total. The highest BCUT2D eigenvalue weighted by Gasteiger charge is 2.39. The summed E-state index contributed by atoms with van der Waals surface area (Å²) in [4.78, 5) is 7.17. The molecular formula is C17H26N4O. The summed E-state index contributed by atoms with van der Waals surface area (Å²) in [5.74, 6) is 2.04. The van der Waals surface area contributed by atoms with E-state index < -0.39 is 0 Å². The standard InChI is InChI=1S/C17H26N4O/c1-21-11-7-17(8-12-21)16(18-9-10-20-17)19-13-14-3-5-15(22-2)6-4-14/h3-6,20H,7-13H2,1-2H3,(H,18,19). The van der Waals surface area contributed by atoms with Gasteiger partial charge in [-0.15, -0.1) is 0 Å². The SMILES string of the molecule is COc1ccc(CNC2=NCCNC23CCN(C)CC3)cc1. The number of nitrogens with one attached hydrogen (secondary N) is 2. The van der Waals surface area contributed by atoms with Crippen molar-refractivity contribution >= 4 is 5.84 Å². The van der Waals surface area contributed by atoms with Gasteiger partial charge in [0, 0.05) is 26.2 Å². The summed E-state index contributed by atoms with van der Waals surface area (Å²) >= 11 is 0. The van der Waals surface area contributed by atoms with E-state index in [4.69, 9.17) is 9.73 Å². The van der Waals surface area contributed by atoms with Gasteiger partial charge in [0.05, 0.1) is 19.2 Å². The third kappa shape index (κ3) is 3.25. The quantitative estimate of drug-likeness (QED) is 0.882. The Morgan fingerprint density at radius 3 is 2.68 bits per heavy atom. The minimum Gasteiger partial charge on any atom is -0.497 e. The van der Waals surface area contributed by atoms with Crippen LogP contribution >= 0.6 is 0 Å². The molecule has 2 heterocycles. The smallest absolute Gasteiger partial charge is 0.118 e. The molecule has 0 aromatic heterocycles. The van der Waals surface area contributed by atoms with Crippen LogP contribution in [0.15, 0.2) is 29.3 Å². The van der Waals surface area contributed by atoms with Gasteiger partial charge in [-0.25, -0.2) is 0 Å². The number of ether oxygens (including phenoxy) is 1. The van der Waals surface area contributed by atoms with Crippen molar-refractivity contribution in [1.82, 2.24) is 15.5 Å². The fourth-order valence-corrected chi connectivity index (χ4v) is 3.27. The highest BCUT2D eigenvalue weighted by molar-refractivity contribution is 5.92. The number of hydrogen-bond acceptors (Lipinski definition) is 5. The third-order valence-corrected chi connectivity index (χ3v) is 4.76. The molecule has 120 valence electrons. The minimum atomic E-state index is 0.0528. The van der Waals surface area contributed by atoms with Crippen molar-refractivity contribution in [2.75, 3.05) is 40.3 Å². The van der Waals surface area contributed by atoms with Crippen molar-refractivity contribution in [2.45, 2.75) is 24.9 Å². The number of amidine groups is 1. The van der Waals surface area contributed by atoms with E-state index in [1.54, 1.807) is 7.11 Å². The van der Waals surface area contributed by atoms with Crippen LogP contribution in [0.1, 0.15) is 18.4 Å². The van der Waals surface area contributed by atoms with Crippen molar-refractivity contribution in [3.8, 4) is 5.75 Å². The first-order valence-corrected chi connectivity index (χ1v) is 8.07. The van der Waals surface area contributed by atoms with Crippen LogP contribution in [0.3, 0.4) is 0 Å². The number of likely N-dealkylation sites (tertiary alicyclic amines) is 1. The summed E-state index contributed by atoms with van der Waals surface area (Å²) in [6.45, 7) is 4.90. The van der Waals surface area contributed by atoms with Gasteiger partial charge in [0.2, 0.25) is 0 Å². The zero-order chi connectivity index (χ0) is 15.4. The van der Waals surface area contributed by atoms with Gasteiger partial charge in [0.15, 0.2) is 0 Å². The average molecular weight is 302 g/mol. The van der Waals surface area contributed by atoms with Crippen LogP contribution in [-0.2, 0) is 6.54 Å². The van der Waals surface area contributed by atoms with Crippen LogP contribution in [0.25, 0.3) is 0 Å². The summed E-state index contributed by atoms with van der Waals surface area (Å²) in [6.07, 6.45) is 2.25. The van der Waals surface area contributed by atoms with Crippen molar-refractivity contribution in [2.24, 2.45) is 4.99 Å². The van der Waals surface area contributed by atoms with E-state index in [1.165, 1.54) is 5.56 Å². The maximum Gasteiger partial charge on any atom is 0.118 e. The Morgan fingerprint density at radius 2 is 2.00 bits per heavy atom. The van der Waals surface area contributed by atoms with Crippen LogP contribution in [-0.4, -0.2) is 56.6 Å². The molecule has 2 aliphatic rings. The largest absolute Gasteiger partial charge is 0.497 e. The molecule has 0 aliphatic carbocycles. The first-order valence-electron chi connectivity index (χ1n) is 8.07. The lowest BCUT2D eigenvalue weighted by Crippen LogP contribution is -2.63. The molecule has 0 bridgehead atoms. The number of piperidine rings is 1. The van der Waals surface area contributed by atoms with Gasteiger partial charge in [-0.1, -0.05) is 12.1 Å². The Morgan fingerprint density at radius 1 is 1.27 bits per heavy atom. The molecule has 1 aromatic rings. The molecule has 22 heavy (non-hydrogen) atoms. The lowest BCUT2D eigenvalue weighted by Gasteiger charge is -2.44. The number of nitrogens with zero attached hydrogens (tertiary/aromatic N) is 2. The molecule has 2 N–H and O–H groups in total. The molecule has 0 saturated carbocycles. The lowest BCUT2D eigenvalue weighted by molar-refractivity contribution is 0.197. The molecule has 1 spiro atoms. The Kier molecular flexibility index (Phi) is 4.64. The zero-order valence-corrected chi connectivity index (χ0v) is 13.6. The van der Waals surface area contributed by atoms with Crippen molar-refractivity contribution in [1.29, 1.82) is 0 Å². The highest BCUT2D eigenvalue weighted by atomic mass is 16.5. The molecule has 0 unspecified atom stereocenters. The van der Waals surface area contributed by atoms with Gasteiger partial charge in [0.25, 0.3) is 0 Å². The predicted molar refractivity (Wildman–Crippen MR) is 89.6 cm³/mol. The molecular weight excluding hydrogens is 276 g/mol. The molecule has 2 aliphatic heterocycles. The summed E-state index contributed by atoms with van der Waals surface area (Å²) in [6, 6.07) is 8.21. The average Bonchev–Trinajstić information content (AvgIpc) is 2.57. The Hall–Kier alpha value is -1.59. The van der Waals surface area contributed by atoms with Crippen LogP contribution in [0.4, 0.5) is 0 Å². The van der Waals surface area contributed by atoms with Crippen LogP contribution in [0.2, 0.25) is 0 Å². The van der Waals surface area contributed by atoms with Crippen molar-refractivity contribution in [3.05, 3.63) is 29.8 Å². The predicted octanol–water partition coefficient (Wildman–Crippen LogP) is 1.25. The zero-order valence-electron chi connectivity index (χ0n) is 13.6. The second kappa shape index (κ2) is 6.67. The summed E-state index contributed by atoms with van der Waals surface area (Å²) in [5.41, 5.74) is 1.30. The van der Waals surface area contributed by atoms with E-state index in [9.17, 15) is 0 Å². The lowest BCUT2D eigenvalue weighted by atomic mass is 9.85. The molecule has 0 atom stereocenters. The number of benzene rings is 1. The highest BCUT2D eigenvalue weighted by Crippen LogP contribution is 2.24. The summed E-state index contributed by atoms with van der Waals surface area (Å²) in [5, 5.41) is 7.30. The Bertz CT molecular complexity index is 518. The molecule has 5 heteroatoms. The van der Waals surface area contributed by atoms with Crippen molar-refractivity contribution < 1.29 is 4.74 Å². The van der Waals surface area contributed by atoms with E-state index in [1.807, 2.05) is 12.1 Å². The fourth-order valence-electron chi connectivity index (χ4n) is 3.27. The van der Waals surface area contributed by atoms with Gasteiger partial charge in [-0.2, -0.15) is 0 Å². The fraction of sp³-hybridized carbons (Fsp3) is 0.588. The van der Waals surface area contributed by atoms with E-state index in [2.05, 4.69) is 34.7 Å². The van der Waals surface area contributed by atoms with E-state index in [0.29, 0.717) is 0 Å². The molecule has 0 radical (unpaired) electrons. The second-order valence-electron chi connectivity index (χ2n) is 6.24. The monoisotopic (exact) mass is 302 g/mol. The molecule has 0 amide bonds. The van der Waals surface area contributed by atoms with Crippen LogP contribution in [0, 0.1) is 0 Å². The molecule has 1 fully saturated rings. The topological polar surface area (TPSA) is 48.9 Å². The maximum absolute atomic E-state index is 5.20. The minimum absolute atomic E-state index is 0.0528. The van der Waals surface area contributed by atoms with Gasteiger partial charge in [0.1, 0.15) is 11.6 Å². The van der Waals surface area contributed by atoms with E-state index in [0.717, 1.165) is 57.2 Å². The molecule has 1 aromatic carbocycles. The second-order valence-corrected chi connectivity index (χ2v) is 6.24. The van der Waals surface area contributed by atoms with Gasteiger partial charge in [-0.3, -0.25) is 4.99 Å². The van der Waals surface area contributed by atoms with Gasteiger partial charge >= 0.3 is 0 Å². The van der Waals surface area contributed by atoms with Gasteiger partial charge in [-0.05, 0) is 37.6 Å². The van der Waals surface area contributed by atoms with Gasteiger partial charge < -0.3 is 20.3 Å². The van der Waals surface area contributed by atoms with E-state index >= 15 is 0 Å². The molecule has 1 saturated heterocycles. The van der Waals surface area contributed by atoms with E-state index in [-0.39, 0.29) is 5.54 Å². The maximum atomic E-state index is 5.20. The van der Waals surface area contributed by atoms with Crippen molar-refractivity contribution in [3.63, 3.8) is 0 Å². The normalized spacial score (nSPS) is 21.5. The first-order chi connectivity index (χ1) is 10.7. The summed E-state index contributed by atoms with van der Waals surface area (Å²) in [7, 11) is 3.89. The number of hydrogen-bond donors (Lipinski definition) is 2. The number of methoxy groups -OCH3 is 1. The number of aliphatic imine (C=N–C) groups is 1. The van der Waals surface area contributed by atoms with Crippen LogP contribution in [0.5, 0.6) is 5.75 Å². The van der Waals surface area contributed by atoms with Crippen LogP contribution < -0.4 is 15.4 Å². The number of rotatable bonds is 3. The first kappa shape index (κ1) is 15.3. The molecule has 3 rings (SSSR count).